The Labute approximate surface area is 117 Å². The number of nitrogens with zero attached hydrogens (tertiary/aromatic N) is 3. The topological polar surface area (TPSA) is 29.0 Å². The molecule has 0 radical (unpaired) electrons. The van der Waals surface area contributed by atoms with Gasteiger partial charge in [-0.2, -0.15) is 13.2 Å². The minimum absolute atomic E-state index is 0.347. The first-order valence-corrected chi connectivity index (χ1v) is 7.11. The fourth-order valence-electron chi connectivity index (χ4n) is 2.74. The Bertz CT molecular complexity index is 430. The molecule has 0 aliphatic carbocycles. The van der Waals surface area contributed by atoms with Crippen molar-refractivity contribution >= 4 is 5.82 Å². The summed E-state index contributed by atoms with van der Waals surface area (Å²) in [5.41, 5.74) is -0.932. The van der Waals surface area contributed by atoms with Gasteiger partial charge in [0.1, 0.15) is 0 Å². The molecule has 2 heterocycles. The monoisotopic (exact) mass is 287 g/mol. The van der Waals surface area contributed by atoms with Crippen LogP contribution >= 0.6 is 0 Å². The van der Waals surface area contributed by atoms with Gasteiger partial charge < -0.3 is 4.90 Å². The molecule has 0 spiro atoms. The van der Waals surface area contributed by atoms with Gasteiger partial charge in [0.05, 0.1) is 0 Å². The van der Waals surface area contributed by atoms with E-state index in [1.165, 1.54) is 12.5 Å². The molecular formula is C14H20F3N3. The van der Waals surface area contributed by atoms with E-state index >= 15 is 0 Å². The fraction of sp³-hybridized carbons (Fsp3) is 0.714. The minimum atomic E-state index is -4.43. The second-order valence-corrected chi connectivity index (χ2v) is 5.42. The average Bonchev–Trinajstić information content (AvgIpc) is 2.45. The predicted octanol–water partition coefficient (Wildman–Crippen LogP) is 3.90. The summed E-state index contributed by atoms with van der Waals surface area (Å²) in [5, 5.41) is 7.12. The molecule has 0 amide bonds. The lowest BCUT2D eigenvalue weighted by atomic mass is 9.90. The highest BCUT2D eigenvalue weighted by molar-refractivity contribution is 5.39. The van der Waals surface area contributed by atoms with Crippen LogP contribution in [0.1, 0.15) is 45.2 Å². The highest BCUT2D eigenvalue weighted by Crippen LogP contribution is 2.31. The Morgan fingerprint density at radius 1 is 1.30 bits per heavy atom. The van der Waals surface area contributed by atoms with Crippen molar-refractivity contribution in [3.05, 3.63) is 17.8 Å². The number of alkyl halides is 3. The van der Waals surface area contributed by atoms with Gasteiger partial charge in [0.15, 0.2) is 11.5 Å². The first-order chi connectivity index (χ1) is 9.43. The largest absolute Gasteiger partial charge is 0.435 e. The molecule has 0 aromatic carbocycles. The lowest BCUT2D eigenvalue weighted by Gasteiger charge is -2.39. The molecule has 0 N–H and O–H groups in total. The molecule has 20 heavy (non-hydrogen) atoms. The van der Waals surface area contributed by atoms with Gasteiger partial charge in [-0.3, -0.25) is 0 Å². The third-order valence-electron chi connectivity index (χ3n) is 4.09. The maximum absolute atomic E-state index is 12.5. The van der Waals surface area contributed by atoms with Gasteiger partial charge >= 0.3 is 6.18 Å². The first-order valence-electron chi connectivity index (χ1n) is 7.11. The minimum Gasteiger partial charge on any atom is -0.352 e. The van der Waals surface area contributed by atoms with E-state index < -0.39 is 11.9 Å². The molecule has 2 rings (SSSR count). The van der Waals surface area contributed by atoms with Crippen molar-refractivity contribution in [3.8, 4) is 0 Å². The number of anilines is 1. The lowest BCUT2D eigenvalue weighted by Crippen LogP contribution is -2.44. The van der Waals surface area contributed by atoms with Gasteiger partial charge in [-0.15, -0.1) is 10.2 Å². The van der Waals surface area contributed by atoms with Crippen molar-refractivity contribution < 1.29 is 13.2 Å². The van der Waals surface area contributed by atoms with Crippen molar-refractivity contribution in [1.29, 1.82) is 0 Å². The maximum Gasteiger partial charge on any atom is 0.435 e. The highest BCUT2D eigenvalue weighted by atomic mass is 19.4. The zero-order chi connectivity index (χ0) is 14.8. The quantitative estimate of drug-likeness (QED) is 0.844. The van der Waals surface area contributed by atoms with Crippen LogP contribution in [-0.4, -0.2) is 22.8 Å². The summed E-state index contributed by atoms with van der Waals surface area (Å²) in [6, 6.07) is 2.81. The van der Waals surface area contributed by atoms with Crippen molar-refractivity contribution in [2.75, 3.05) is 11.4 Å². The van der Waals surface area contributed by atoms with E-state index in [0.717, 1.165) is 31.9 Å². The maximum atomic E-state index is 12.5. The molecule has 1 aromatic heterocycles. The van der Waals surface area contributed by atoms with E-state index in [9.17, 15) is 13.2 Å². The third-order valence-corrected chi connectivity index (χ3v) is 4.09. The Morgan fingerprint density at radius 3 is 2.60 bits per heavy atom. The van der Waals surface area contributed by atoms with Crippen molar-refractivity contribution in [2.45, 2.75) is 51.7 Å². The summed E-state index contributed by atoms with van der Waals surface area (Å²) in [7, 11) is 0. The van der Waals surface area contributed by atoms with Crippen molar-refractivity contribution in [1.82, 2.24) is 10.2 Å². The Morgan fingerprint density at radius 2 is 2.05 bits per heavy atom. The van der Waals surface area contributed by atoms with Gasteiger partial charge in [-0.05, 0) is 37.3 Å². The van der Waals surface area contributed by atoms with Gasteiger partial charge in [0, 0.05) is 12.6 Å². The van der Waals surface area contributed by atoms with E-state index in [2.05, 4.69) is 28.9 Å². The predicted molar refractivity (Wildman–Crippen MR) is 71.5 cm³/mol. The Hall–Kier alpha value is -1.33. The Balaban J connectivity index is 2.20. The molecule has 3 nitrogen and oxygen atoms in total. The SMILES string of the molecule is CC[C@H](C)[C@H]1CCCCN1c1ccc(C(F)(F)F)nn1. The van der Waals surface area contributed by atoms with Crippen LogP contribution < -0.4 is 4.90 Å². The number of halogens is 3. The molecule has 1 saturated heterocycles. The van der Waals surface area contributed by atoms with Crippen LogP contribution in [0.5, 0.6) is 0 Å². The number of rotatable bonds is 3. The molecule has 0 unspecified atom stereocenters. The van der Waals surface area contributed by atoms with E-state index in [0.29, 0.717) is 17.8 Å². The van der Waals surface area contributed by atoms with E-state index in [-0.39, 0.29) is 0 Å². The van der Waals surface area contributed by atoms with Crippen molar-refractivity contribution in [2.24, 2.45) is 5.92 Å². The normalized spacial score (nSPS) is 21.9. The van der Waals surface area contributed by atoms with Crippen LogP contribution in [0.2, 0.25) is 0 Å². The number of hydrogen-bond acceptors (Lipinski definition) is 3. The second-order valence-electron chi connectivity index (χ2n) is 5.42. The second kappa shape index (κ2) is 5.97. The van der Waals surface area contributed by atoms with Crippen molar-refractivity contribution in [3.63, 3.8) is 0 Å². The summed E-state index contributed by atoms with van der Waals surface area (Å²) >= 11 is 0. The molecule has 6 heteroatoms. The van der Waals surface area contributed by atoms with Crippen LogP contribution in [0.4, 0.5) is 19.0 Å². The summed E-state index contributed by atoms with van der Waals surface area (Å²) in [5.74, 6) is 1.06. The summed E-state index contributed by atoms with van der Waals surface area (Å²) in [6.07, 6.45) is -0.0916. The number of piperidine rings is 1. The van der Waals surface area contributed by atoms with E-state index in [4.69, 9.17) is 0 Å². The standard InChI is InChI=1S/C14H20F3N3/c1-3-10(2)11-6-4-5-9-20(11)13-8-7-12(18-19-13)14(15,16)17/h7-8,10-11H,3-6,9H2,1-2H3/t10-,11+/m0/s1. The summed E-state index contributed by atoms with van der Waals surface area (Å²) in [6.45, 7) is 5.16. The van der Waals surface area contributed by atoms with Crippen LogP contribution in [0.3, 0.4) is 0 Å². The van der Waals surface area contributed by atoms with Crippen LogP contribution in [0.15, 0.2) is 12.1 Å². The van der Waals surface area contributed by atoms with Crippen LogP contribution in [0, 0.1) is 5.92 Å². The summed E-state index contributed by atoms with van der Waals surface area (Å²) < 4.78 is 37.5. The Kier molecular flexibility index (Phi) is 4.50. The molecule has 2 atom stereocenters. The fourth-order valence-corrected chi connectivity index (χ4v) is 2.74. The highest BCUT2D eigenvalue weighted by Gasteiger charge is 2.34. The van der Waals surface area contributed by atoms with Crippen LogP contribution in [0.25, 0.3) is 0 Å². The lowest BCUT2D eigenvalue weighted by molar-refractivity contribution is -0.141. The molecular weight excluding hydrogens is 267 g/mol. The smallest absolute Gasteiger partial charge is 0.352 e. The van der Waals surface area contributed by atoms with Gasteiger partial charge in [0.2, 0.25) is 0 Å². The van der Waals surface area contributed by atoms with E-state index in [1.54, 1.807) is 0 Å². The molecule has 0 saturated carbocycles. The third kappa shape index (κ3) is 3.22. The van der Waals surface area contributed by atoms with Gasteiger partial charge in [-0.25, -0.2) is 0 Å². The van der Waals surface area contributed by atoms with Gasteiger partial charge in [-0.1, -0.05) is 20.3 Å². The average molecular weight is 287 g/mol. The zero-order valence-electron chi connectivity index (χ0n) is 11.8. The number of aromatic nitrogens is 2. The molecule has 0 bridgehead atoms. The molecule has 1 fully saturated rings. The molecule has 1 aromatic rings. The molecule has 1 aliphatic heterocycles. The molecule has 1 aliphatic rings. The molecule has 112 valence electrons. The number of hydrogen-bond donors (Lipinski definition) is 0. The van der Waals surface area contributed by atoms with Gasteiger partial charge in [0.25, 0.3) is 0 Å². The zero-order valence-corrected chi connectivity index (χ0v) is 11.8. The van der Waals surface area contributed by atoms with E-state index in [1.807, 2.05) is 0 Å². The summed E-state index contributed by atoms with van der Waals surface area (Å²) in [4.78, 5) is 2.12. The first kappa shape index (κ1) is 15.1. The van der Waals surface area contributed by atoms with Crippen LogP contribution in [-0.2, 0) is 6.18 Å².